The van der Waals surface area contributed by atoms with E-state index >= 15 is 0 Å². The lowest BCUT2D eigenvalue weighted by molar-refractivity contribution is -0.131. The number of carbonyl (C=O) groups is 1. The molecule has 0 N–H and O–H groups in total. The van der Waals surface area contributed by atoms with Crippen LogP contribution in [-0.2, 0) is 28.0 Å². The summed E-state index contributed by atoms with van der Waals surface area (Å²) in [4.78, 5) is 19.1. The zero-order chi connectivity index (χ0) is 26.6. The lowest BCUT2D eigenvalue weighted by atomic mass is 9.92. The van der Waals surface area contributed by atoms with E-state index in [2.05, 4.69) is 9.80 Å². The Morgan fingerprint density at radius 2 is 1.78 bits per heavy atom. The van der Waals surface area contributed by atoms with Gasteiger partial charge in [0.2, 0.25) is 5.91 Å². The Hall–Kier alpha value is -2.11. The first-order valence-electron chi connectivity index (χ1n) is 13.0. The number of carbonyl (C=O) groups excluding carboxylic acids is 1. The third kappa shape index (κ3) is 7.94. The maximum absolute atomic E-state index is 13.1. The molecule has 3 aliphatic rings. The van der Waals surface area contributed by atoms with Crippen molar-refractivity contribution in [1.29, 1.82) is 0 Å². The summed E-state index contributed by atoms with van der Waals surface area (Å²) in [5.74, 6) is 0.355. The Bertz CT molecular complexity index is 1100. The van der Waals surface area contributed by atoms with E-state index in [1.807, 2.05) is 6.07 Å². The number of fused-ring (bicyclic) bond motifs is 1. The quantitative estimate of drug-likeness (QED) is 0.266. The maximum Gasteiger partial charge on any atom is 0.412 e. The number of hydrogen-bond donors (Lipinski definition) is 0. The molecule has 1 aromatic rings. The van der Waals surface area contributed by atoms with Gasteiger partial charge >= 0.3 is 16.3 Å². The van der Waals surface area contributed by atoms with Gasteiger partial charge in [-0.2, -0.15) is 21.6 Å². The molecule has 11 heteroatoms. The van der Waals surface area contributed by atoms with Crippen LogP contribution in [0.5, 0.6) is 5.75 Å². The monoisotopic (exact) mass is 543 g/mol. The van der Waals surface area contributed by atoms with Crippen LogP contribution in [0.2, 0.25) is 0 Å². The fraction of sp³-hybridized carbons (Fsp3) is 0.654. The van der Waals surface area contributed by atoms with E-state index in [1.54, 1.807) is 17.0 Å². The molecule has 1 aromatic carbocycles. The van der Waals surface area contributed by atoms with Gasteiger partial charge in [0.15, 0.2) is 0 Å². The number of benzene rings is 1. The molecule has 1 unspecified atom stereocenters. The largest absolute Gasteiger partial charge is 0.412 e. The summed E-state index contributed by atoms with van der Waals surface area (Å²) >= 11 is 0. The molecule has 206 valence electrons. The van der Waals surface area contributed by atoms with Gasteiger partial charge in [0.1, 0.15) is 5.75 Å². The molecule has 0 radical (unpaired) electrons. The number of nitrogens with zero attached hydrogens (tertiary/aromatic N) is 3. The Morgan fingerprint density at radius 1 is 1.05 bits per heavy atom. The normalized spacial score (nSPS) is 21.6. The van der Waals surface area contributed by atoms with Crippen LogP contribution in [0.3, 0.4) is 0 Å². The van der Waals surface area contributed by atoms with Crippen LogP contribution >= 0.6 is 0 Å². The molecule has 4 rings (SSSR count). The van der Waals surface area contributed by atoms with E-state index in [1.165, 1.54) is 6.08 Å². The summed E-state index contributed by atoms with van der Waals surface area (Å²) in [6, 6.07) is 5.09. The molecule has 1 atom stereocenters. The number of allylic oxidation sites excluding steroid dienone is 1. The Balaban J connectivity index is 1.10. The van der Waals surface area contributed by atoms with Crippen LogP contribution in [-0.4, -0.2) is 80.2 Å². The van der Waals surface area contributed by atoms with Crippen molar-refractivity contribution in [3.63, 3.8) is 0 Å². The molecule has 1 amide bonds. The highest BCUT2D eigenvalue weighted by atomic mass is 32.2. The van der Waals surface area contributed by atoms with Crippen LogP contribution in [0.25, 0.3) is 0 Å². The zero-order valence-electron chi connectivity index (χ0n) is 21.3. The summed E-state index contributed by atoms with van der Waals surface area (Å²) in [5, 5.41) is 0. The highest BCUT2D eigenvalue weighted by Gasteiger charge is 2.38. The van der Waals surface area contributed by atoms with Crippen LogP contribution < -0.4 is 4.18 Å². The van der Waals surface area contributed by atoms with Gasteiger partial charge in [-0.05, 0) is 61.9 Å². The second-order valence-corrected chi connectivity index (χ2v) is 11.9. The Morgan fingerprint density at radius 3 is 2.49 bits per heavy atom. The van der Waals surface area contributed by atoms with Crippen molar-refractivity contribution < 1.29 is 30.6 Å². The predicted octanol–water partition coefficient (Wildman–Crippen LogP) is 4.09. The number of hydrogen-bond acceptors (Lipinski definition) is 6. The van der Waals surface area contributed by atoms with E-state index in [0.717, 1.165) is 75.8 Å². The predicted molar refractivity (Wildman–Crippen MR) is 134 cm³/mol. The minimum atomic E-state index is -4.21. The average Bonchev–Trinajstić information content (AvgIpc) is 3.26. The first-order valence-corrected chi connectivity index (χ1v) is 14.8. The molecule has 2 heterocycles. The second-order valence-electron chi connectivity index (χ2n) is 10.3. The van der Waals surface area contributed by atoms with E-state index in [4.69, 9.17) is 4.18 Å². The lowest BCUT2D eigenvalue weighted by Gasteiger charge is -2.41. The molecule has 0 saturated carbocycles. The van der Waals surface area contributed by atoms with E-state index in [0.29, 0.717) is 25.9 Å². The van der Waals surface area contributed by atoms with Crippen molar-refractivity contribution in [2.24, 2.45) is 0 Å². The number of piperazine rings is 1. The Kier molecular flexibility index (Phi) is 8.85. The van der Waals surface area contributed by atoms with Crippen molar-refractivity contribution in [2.75, 3.05) is 39.0 Å². The summed E-state index contributed by atoms with van der Waals surface area (Å²) in [5.41, 5.74) is 1.55. The fourth-order valence-corrected chi connectivity index (χ4v) is 5.96. The minimum Gasteiger partial charge on any atom is -0.383 e. The van der Waals surface area contributed by atoms with E-state index in [9.17, 15) is 26.4 Å². The van der Waals surface area contributed by atoms with Gasteiger partial charge in [-0.3, -0.25) is 9.69 Å². The molecule has 7 nitrogen and oxygen atoms in total. The summed E-state index contributed by atoms with van der Waals surface area (Å²) < 4.78 is 66.8. The summed E-state index contributed by atoms with van der Waals surface area (Å²) in [7, 11) is -3.59. The summed E-state index contributed by atoms with van der Waals surface area (Å²) in [6.07, 6.45) is 2.77. The third-order valence-corrected chi connectivity index (χ3v) is 7.99. The molecule has 0 aromatic heterocycles. The standard InChI is InChI=1S/C26H36F3N3O4S/c1-37(34,35)36-24-10-9-20-18-32(19-21(20)16-24)25(33)8-3-2-4-11-30-12-14-31(15-13-30)23-7-5-6-22(17-23)26(27,28)29/h6,9-10,16,23H,2-5,7-8,11-15,17-19H2,1H3. The van der Waals surface area contributed by atoms with Gasteiger partial charge < -0.3 is 14.0 Å². The van der Waals surface area contributed by atoms with Crippen LogP contribution in [0.4, 0.5) is 13.2 Å². The molecule has 2 aliphatic heterocycles. The van der Waals surface area contributed by atoms with Crippen LogP contribution in [0, 0.1) is 0 Å². The number of rotatable bonds is 9. The van der Waals surface area contributed by atoms with Crippen LogP contribution in [0.15, 0.2) is 29.8 Å². The van der Waals surface area contributed by atoms with Crippen LogP contribution in [0.1, 0.15) is 56.1 Å². The van der Waals surface area contributed by atoms with E-state index < -0.39 is 16.3 Å². The van der Waals surface area contributed by atoms with Crippen molar-refractivity contribution >= 4 is 16.0 Å². The highest BCUT2D eigenvalue weighted by Crippen LogP contribution is 2.35. The number of halogens is 3. The first-order chi connectivity index (χ1) is 17.5. The van der Waals surface area contributed by atoms with E-state index in [-0.39, 0.29) is 29.7 Å². The SMILES string of the molecule is CS(=O)(=O)Oc1ccc2c(c1)CN(C(=O)CCCCCN1CCN(C3CCC=C(C(F)(F)F)C3)CC1)C2. The van der Waals surface area contributed by atoms with Crippen molar-refractivity contribution in [2.45, 2.75) is 70.3 Å². The summed E-state index contributed by atoms with van der Waals surface area (Å²) in [6.45, 7) is 5.29. The van der Waals surface area contributed by atoms with Gasteiger partial charge in [0, 0.05) is 57.3 Å². The van der Waals surface area contributed by atoms with Crippen molar-refractivity contribution in [1.82, 2.24) is 14.7 Å². The average molecular weight is 544 g/mol. The number of alkyl halides is 3. The second kappa shape index (κ2) is 11.7. The molecule has 1 saturated heterocycles. The molecule has 1 fully saturated rings. The van der Waals surface area contributed by atoms with Gasteiger partial charge in [-0.25, -0.2) is 0 Å². The van der Waals surface area contributed by atoms with Gasteiger partial charge in [-0.15, -0.1) is 0 Å². The highest BCUT2D eigenvalue weighted by molar-refractivity contribution is 7.86. The van der Waals surface area contributed by atoms with Crippen molar-refractivity contribution in [3.8, 4) is 5.75 Å². The third-order valence-electron chi connectivity index (χ3n) is 7.50. The Labute approximate surface area is 217 Å². The van der Waals surface area contributed by atoms with Gasteiger partial charge in [-0.1, -0.05) is 18.6 Å². The number of amides is 1. The molecule has 1 aliphatic carbocycles. The van der Waals surface area contributed by atoms with Gasteiger partial charge in [0.05, 0.1) is 6.26 Å². The molecule has 37 heavy (non-hydrogen) atoms. The van der Waals surface area contributed by atoms with Gasteiger partial charge in [0.25, 0.3) is 0 Å². The molecule has 0 bridgehead atoms. The lowest BCUT2D eigenvalue weighted by Crippen LogP contribution is -2.51. The molecular formula is C26H36F3N3O4S. The molecule has 0 spiro atoms. The smallest absolute Gasteiger partial charge is 0.383 e. The fourth-order valence-electron chi connectivity index (χ4n) is 5.50. The number of unbranched alkanes of at least 4 members (excludes halogenated alkanes) is 2. The minimum absolute atomic E-state index is 0.00897. The van der Waals surface area contributed by atoms with Crippen molar-refractivity contribution in [3.05, 3.63) is 41.0 Å². The zero-order valence-corrected chi connectivity index (χ0v) is 22.1. The first kappa shape index (κ1) is 27.9. The maximum atomic E-state index is 13.1. The topological polar surface area (TPSA) is 70.2 Å². The molecular weight excluding hydrogens is 507 g/mol.